The summed E-state index contributed by atoms with van der Waals surface area (Å²) < 4.78 is 5.46. The van der Waals surface area contributed by atoms with E-state index in [4.69, 9.17) is 4.74 Å². The molecular formula is C58H113NO5. The molecule has 0 saturated carbocycles. The van der Waals surface area contributed by atoms with Crippen molar-refractivity contribution in [3.8, 4) is 0 Å². The number of hydrogen-bond acceptors (Lipinski definition) is 5. The number of amides is 1. The molecule has 6 heteroatoms. The van der Waals surface area contributed by atoms with Crippen molar-refractivity contribution in [2.24, 2.45) is 0 Å². The molecule has 0 aliphatic heterocycles. The molecule has 64 heavy (non-hydrogen) atoms. The summed E-state index contributed by atoms with van der Waals surface area (Å²) in [7, 11) is 0. The quantitative estimate of drug-likeness (QED) is 0.0321. The van der Waals surface area contributed by atoms with Crippen LogP contribution in [0.5, 0.6) is 0 Å². The Morgan fingerprint density at radius 3 is 1.11 bits per heavy atom. The molecule has 1 amide bonds. The van der Waals surface area contributed by atoms with Crippen molar-refractivity contribution in [3.63, 3.8) is 0 Å². The predicted octanol–water partition coefficient (Wildman–Crippen LogP) is 17.7. The Labute approximate surface area is 399 Å². The Morgan fingerprint density at radius 1 is 0.422 bits per heavy atom. The fourth-order valence-electron chi connectivity index (χ4n) is 9.11. The lowest BCUT2D eigenvalue weighted by Crippen LogP contribution is -2.45. The van der Waals surface area contributed by atoms with Gasteiger partial charge in [0.25, 0.3) is 0 Å². The number of esters is 1. The summed E-state index contributed by atoms with van der Waals surface area (Å²) in [5.74, 6) is -0.0905. The summed E-state index contributed by atoms with van der Waals surface area (Å²) >= 11 is 0. The lowest BCUT2D eigenvalue weighted by molar-refractivity contribution is -0.143. The van der Waals surface area contributed by atoms with Crippen LogP contribution in [-0.2, 0) is 14.3 Å². The third kappa shape index (κ3) is 50.0. The van der Waals surface area contributed by atoms with E-state index in [9.17, 15) is 19.8 Å². The molecule has 0 heterocycles. The van der Waals surface area contributed by atoms with E-state index in [2.05, 4.69) is 31.3 Å². The van der Waals surface area contributed by atoms with Gasteiger partial charge in [-0.05, 0) is 51.4 Å². The first-order chi connectivity index (χ1) is 31.5. The molecule has 3 N–H and O–H groups in total. The highest BCUT2D eigenvalue weighted by molar-refractivity contribution is 5.76. The lowest BCUT2D eigenvalue weighted by Gasteiger charge is -2.22. The zero-order chi connectivity index (χ0) is 46.5. The van der Waals surface area contributed by atoms with E-state index < -0.39 is 12.1 Å². The van der Waals surface area contributed by atoms with Gasteiger partial charge in [-0.2, -0.15) is 0 Å². The minimum atomic E-state index is -0.682. The first kappa shape index (κ1) is 62.6. The Morgan fingerprint density at radius 2 is 0.734 bits per heavy atom. The number of rotatable bonds is 54. The zero-order valence-electron chi connectivity index (χ0n) is 43.3. The van der Waals surface area contributed by atoms with E-state index >= 15 is 0 Å². The van der Waals surface area contributed by atoms with Crippen LogP contribution in [0.2, 0.25) is 0 Å². The molecule has 6 nitrogen and oxygen atoms in total. The lowest BCUT2D eigenvalue weighted by atomic mass is 10.0. The molecule has 0 aromatic heterocycles. The Kier molecular flexibility index (Phi) is 53.0. The standard InChI is InChI=1S/C58H113NO5/c1-3-5-7-9-11-13-15-17-19-21-22-23-24-25-26-27-29-31-34-38-42-46-50-56(61)55(54-60)59-57(62)51-47-43-39-35-33-37-41-45-49-53-64-58(63)52-48-44-40-36-32-30-28-20-18-16-14-12-10-8-6-4-2/h20,28,55-56,60-61H,3-19,21-27,29-54H2,1-2H3,(H,59,62)/b28-20-. The van der Waals surface area contributed by atoms with E-state index in [0.29, 0.717) is 25.9 Å². The third-order valence-electron chi connectivity index (χ3n) is 13.6. The first-order valence-electron chi connectivity index (χ1n) is 28.9. The maximum absolute atomic E-state index is 12.5. The largest absolute Gasteiger partial charge is 0.466 e. The molecule has 0 aliphatic rings. The van der Waals surface area contributed by atoms with Crippen LogP contribution in [0.1, 0.15) is 322 Å². The van der Waals surface area contributed by atoms with Crippen LogP contribution in [0.4, 0.5) is 0 Å². The number of carbonyl (C=O) groups excluding carboxylic acids is 2. The van der Waals surface area contributed by atoms with Crippen molar-refractivity contribution in [1.29, 1.82) is 0 Å². The van der Waals surface area contributed by atoms with Crippen molar-refractivity contribution in [1.82, 2.24) is 5.32 Å². The monoisotopic (exact) mass is 904 g/mol. The summed E-state index contributed by atoms with van der Waals surface area (Å²) in [5.41, 5.74) is 0. The molecule has 0 aliphatic carbocycles. The van der Waals surface area contributed by atoms with Gasteiger partial charge in [0.2, 0.25) is 5.91 Å². The van der Waals surface area contributed by atoms with Gasteiger partial charge in [0.1, 0.15) is 0 Å². The number of unbranched alkanes of at least 4 members (excludes halogenated alkanes) is 41. The van der Waals surface area contributed by atoms with E-state index in [-0.39, 0.29) is 18.5 Å². The van der Waals surface area contributed by atoms with Crippen molar-refractivity contribution >= 4 is 11.9 Å². The van der Waals surface area contributed by atoms with Gasteiger partial charge in [-0.3, -0.25) is 9.59 Å². The SMILES string of the molecule is CCCCCCCCC/C=C\CCCCCCCC(=O)OCCCCCCCCCCCC(=O)NC(CO)C(O)CCCCCCCCCCCCCCCCCCCCCCCC. The number of nitrogens with one attached hydrogen (secondary N) is 1. The molecule has 0 radical (unpaired) electrons. The highest BCUT2D eigenvalue weighted by atomic mass is 16.5. The highest BCUT2D eigenvalue weighted by Gasteiger charge is 2.20. The van der Waals surface area contributed by atoms with Crippen molar-refractivity contribution < 1.29 is 24.5 Å². The van der Waals surface area contributed by atoms with E-state index in [0.717, 1.165) is 57.8 Å². The minimum absolute atomic E-state index is 0.0310. The average molecular weight is 905 g/mol. The van der Waals surface area contributed by atoms with Gasteiger partial charge in [-0.1, -0.05) is 270 Å². The van der Waals surface area contributed by atoms with Gasteiger partial charge in [0.15, 0.2) is 0 Å². The fourth-order valence-corrected chi connectivity index (χ4v) is 9.11. The van der Waals surface area contributed by atoms with Crippen LogP contribution in [0.25, 0.3) is 0 Å². The summed E-state index contributed by atoms with van der Waals surface area (Å²) in [6.07, 6.45) is 63.4. The molecule has 2 unspecified atom stereocenters. The topological polar surface area (TPSA) is 95.9 Å². The molecule has 0 spiro atoms. The van der Waals surface area contributed by atoms with Crippen LogP contribution >= 0.6 is 0 Å². The normalized spacial score (nSPS) is 12.6. The summed E-state index contributed by atoms with van der Waals surface area (Å²) in [6.45, 7) is 4.91. The van der Waals surface area contributed by atoms with E-state index in [1.54, 1.807) is 0 Å². The maximum Gasteiger partial charge on any atom is 0.305 e. The number of allylic oxidation sites excluding steroid dienone is 2. The molecule has 0 saturated heterocycles. The summed E-state index contributed by atoms with van der Waals surface area (Å²) in [6, 6.07) is -0.562. The average Bonchev–Trinajstić information content (AvgIpc) is 3.29. The van der Waals surface area contributed by atoms with Crippen LogP contribution in [0.15, 0.2) is 12.2 Å². The van der Waals surface area contributed by atoms with Crippen LogP contribution in [0.3, 0.4) is 0 Å². The second-order valence-corrected chi connectivity index (χ2v) is 20.0. The van der Waals surface area contributed by atoms with Crippen LogP contribution in [0, 0.1) is 0 Å². The number of carbonyl (C=O) groups is 2. The summed E-state index contributed by atoms with van der Waals surface area (Å²) in [4.78, 5) is 24.6. The van der Waals surface area contributed by atoms with Gasteiger partial charge < -0.3 is 20.3 Å². The molecule has 0 aromatic carbocycles. The number of aliphatic hydroxyl groups is 2. The maximum atomic E-state index is 12.5. The minimum Gasteiger partial charge on any atom is -0.466 e. The van der Waals surface area contributed by atoms with Gasteiger partial charge in [-0.25, -0.2) is 0 Å². The van der Waals surface area contributed by atoms with Gasteiger partial charge >= 0.3 is 5.97 Å². The van der Waals surface area contributed by atoms with E-state index in [1.165, 1.54) is 231 Å². The molecule has 380 valence electrons. The van der Waals surface area contributed by atoms with Gasteiger partial charge in [0, 0.05) is 12.8 Å². The van der Waals surface area contributed by atoms with E-state index in [1.807, 2.05) is 0 Å². The Hall–Kier alpha value is -1.40. The van der Waals surface area contributed by atoms with Gasteiger partial charge in [0.05, 0.1) is 25.4 Å². The number of hydrogen-bond donors (Lipinski definition) is 3. The molecule has 0 fully saturated rings. The van der Waals surface area contributed by atoms with Crippen molar-refractivity contribution in [2.45, 2.75) is 334 Å². The smallest absolute Gasteiger partial charge is 0.305 e. The molecule has 0 bridgehead atoms. The number of ether oxygens (including phenoxy) is 1. The van der Waals surface area contributed by atoms with Crippen molar-refractivity contribution in [2.75, 3.05) is 13.2 Å². The fraction of sp³-hybridized carbons (Fsp3) is 0.931. The van der Waals surface area contributed by atoms with Gasteiger partial charge in [-0.15, -0.1) is 0 Å². The first-order valence-corrected chi connectivity index (χ1v) is 28.9. The third-order valence-corrected chi connectivity index (χ3v) is 13.6. The molecular weight excluding hydrogens is 791 g/mol. The van der Waals surface area contributed by atoms with Crippen molar-refractivity contribution in [3.05, 3.63) is 12.2 Å². The second-order valence-electron chi connectivity index (χ2n) is 20.0. The molecule has 0 aromatic rings. The molecule has 2 atom stereocenters. The predicted molar refractivity (Wildman–Crippen MR) is 278 cm³/mol. The zero-order valence-corrected chi connectivity index (χ0v) is 43.3. The number of aliphatic hydroxyl groups excluding tert-OH is 2. The Balaban J connectivity index is 3.47. The van der Waals surface area contributed by atoms with Crippen LogP contribution < -0.4 is 5.32 Å². The Bertz CT molecular complexity index is 955. The van der Waals surface area contributed by atoms with Crippen LogP contribution in [-0.4, -0.2) is 47.4 Å². The second kappa shape index (κ2) is 54.2. The summed E-state index contributed by atoms with van der Waals surface area (Å²) in [5, 5.41) is 23.3. The molecule has 0 rings (SSSR count). The highest BCUT2D eigenvalue weighted by Crippen LogP contribution is 2.17.